The third-order valence-electron chi connectivity index (χ3n) is 11.4. The summed E-state index contributed by atoms with van der Waals surface area (Å²) < 4.78 is 74.7. The van der Waals surface area contributed by atoms with Gasteiger partial charge in [-0.25, -0.2) is 4.39 Å². The first kappa shape index (κ1) is 30.1. The molecule has 0 aliphatic heterocycles. The fourth-order valence-electron chi connectivity index (χ4n) is 9.23. The predicted octanol–water partition coefficient (Wildman–Crippen LogP) is 4.76. The highest BCUT2D eigenvalue weighted by Crippen LogP contribution is 2.68. The number of halogens is 3. The monoisotopic (exact) mass is 568 g/mol. The average Bonchev–Trinajstić information content (AvgIpc) is 3.19. The topological polar surface area (TPSA) is 121 Å². The minimum absolute atomic E-state index is 0.0251. The number of aliphatic hydroxyl groups excluding tert-OH is 2. The van der Waals surface area contributed by atoms with E-state index >= 15 is 0 Å². The van der Waals surface area contributed by atoms with E-state index < -0.39 is 45.6 Å². The van der Waals surface area contributed by atoms with Crippen LogP contribution in [0.1, 0.15) is 85.0 Å². The number of fused-ring (bicyclic) bond motifs is 5. The normalized spacial score (nSPS) is 42.9. The van der Waals surface area contributed by atoms with Crippen LogP contribution in [-0.2, 0) is 19.6 Å². The van der Waals surface area contributed by atoms with E-state index in [0.29, 0.717) is 18.8 Å². The molecule has 0 aromatic rings. The van der Waals surface area contributed by atoms with Gasteiger partial charge in [0.1, 0.15) is 6.61 Å². The van der Waals surface area contributed by atoms with Gasteiger partial charge in [-0.2, -0.15) is 17.2 Å². The van der Waals surface area contributed by atoms with E-state index in [2.05, 4.69) is 18.6 Å². The third-order valence-corrected chi connectivity index (χ3v) is 12.3. The summed E-state index contributed by atoms with van der Waals surface area (Å²) in [4.78, 5) is 12.1. The van der Waals surface area contributed by atoms with Crippen LogP contribution in [0.2, 0.25) is 0 Å². The van der Waals surface area contributed by atoms with Gasteiger partial charge in [0.25, 0.3) is 0 Å². The van der Waals surface area contributed by atoms with Crippen molar-refractivity contribution in [1.29, 1.82) is 0 Å². The zero-order chi connectivity index (χ0) is 28.3. The molecule has 3 N–H and O–H groups in total. The van der Waals surface area contributed by atoms with Gasteiger partial charge < -0.3 is 14.9 Å². The first-order valence-corrected chi connectivity index (χ1v) is 15.5. The summed E-state index contributed by atoms with van der Waals surface area (Å²) in [6, 6.07) is 0. The van der Waals surface area contributed by atoms with Crippen LogP contribution in [0.3, 0.4) is 0 Å². The molecule has 0 heterocycles. The van der Waals surface area contributed by atoms with Crippen molar-refractivity contribution in [3.05, 3.63) is 0 Å². The maximum atomic E-state index is 13.6. The van der Waals surface area contributed by atoms with Crippen molar-refractivity contribution in [3.8, 4) is 0 Å². The molecule has 0 bridgehead atoms. The van der Waals surface area contributed by atoms with Gasteiger partial charge in [-0.3, -0.25) is 9.35 Å². The first-order chi connectivity index (χ1) is 17.5. The van der Waals surface area contributed by atoms with Gasteiger partial charge in [0.2, 0.25) is 6.17 Å². The summed E-state index contributed by atoms with van der Waals surface area (Å²) in [6.45, 7) is 4.97. The Bertz CT molecular complexity index is 993. The summed E-state index contributed by atoms with van der Waals surface area (Å²) in [6.07, 6.45) is 3.74. The molecule has 4 aliphatic carbocycles. The SMILES string of the molecule is C[C@H](CCC(=O)OCC(F)C(F)(F)S(=O)(=O)O)[C@H]1CC[C@H]2[C@@H]3[C@H](O)C[C@@H]4CCCC[C@]4(C)[C@H]3C[C@H](O)[C@]12C. The molecule has 0 spiro atoms. The van der Waals surface area contributed by atoms with E-state index in [9.17, 15) is 36.6 Å². The maximum Gasteiger partial charge on any atom is 0.403 e. The second kappa shape index (κ2) is 10.5. The number of carbonyl (C=O) groups excluding carboxylic acids is 1. The van der Waals surface area contributed by atoms with Gasteiger partial charge in [0.15, 0.2) is 0 Å². The van der Waals surface area contributed by atoms with Crippen LogP contribution >= 0.6 is 0 Å². The molecule has 11 atom stereocenters. The lowest BCUT2D eigenvalue weighted by Gasteiger charge is -2.63. The van der Waals surface area contributed by atoms with Crippen LogP contribution in [0, 0.1) is 46.3 Å². The van der Waals surface area contributed by atoms with Crippen molar-refractivity contribution < 1.29 is 45.9 Å². The van der Waals surface area contributed by atoms with Crippen LogP contribution in [0.25, 0.3) is 0 Å². The third kappa shape index (κ3) is 4.91. The molecule has 220 valence electrons. The lowest BCUT2D eigenvalue weighted by atomic mass is 9.43. The van der Waals surface area contributed by atoms with Crippen LogP contribution in [0.15, 0.2) is 0 Å². The highest BCUT2D eigenvalue weighted by Gasteiger charge is 2.65. The molecule has 4 aliphatic rings. The van der Waals surface area contributed by atoms with Crippen molar-refractivity contribution in [2.24, 2.45) is 46.3 Å². The standard InChI is InChI=1S/C27H43F3O7S/c1-15(7-10-23(33)37-14-21(28)27(29,30)38(34,35)36)17-8-9-18-24-19(13-22(32)26(17,18)3)25(2)11-5-4-6-16(25)12-20(24)31/h15-22,24,31-32H,4-14H2,1-3H3,(H,34,35,36)/t15-,16+,17-,18+,19+,20-,21?,22+,24+,25+,26-/m1/s1. The van der Waals surface area contributed by atoms with Gasteiger partial charge in [-0.15, -0.1) is 0 Å². The van der Waals surface area contributed by atoms with E-state index in [1.165, 1.54) is 12.8 Å². The molecular formula is C27H43F3O7S. The Balaban J connectivity index is 1.39. The summed E-state index contributed by atoms with van der Waals surface area (Å²) in [5.74, 6) is 0.196. The molecule has 0 aromatic heterocycles. The zero-order valence-corrected chi connectivity index (χ0v) is 23.3. The molecule has 11 heteroatoms. The lowest BCUT2D eigenvalue weighted by Crippen LogP contribution is -2.61. The van der Waals surface area contributed by atoms with Crippen molar-refractivity contribution >= 4 is 16.1 Å². The van der Waals surface area contributed by atoms with Gasteiger partial charge in [0, 0.05) is 6.42 Å². The molecule has 38 heavy (non-hydrogen) atoms. The first-order valence-electron chi connectivity index (χ1n) is 14.1. The smallest absolute Gasteiger partial charge is 0.403 e. The summed E-state index contributed by atoms with van der Waals surface area (Å²) in [5.41, 5.74) is -0.288. The molecule has 4 saturated carbocycles. The van der Waals surface area contributed by atoms with Crippen LogP contribution in [-0.4, -0.2) is 59.4 Å². The largest absolute Gasteiger partial charge is 0.462 e. The number of alkyl halides is 3. The van der Waals surface area contributed by atoms with E-state index in [1.807, 2.05) is 6.92 Å². The molecule has 0 aromatic carbocycles. The maximum absolute atomic E-state index is 13.6. The second-order valence-electron chi connectivity index (χ2n) is 13.0. The van der Waals surface area contributed by atoms with Crippen LogP contribution < -0.4 is 0 Å². The molecular weight excluding hydrogens is 525 g/mol. The Hall–Kier alpha value is -0.910. The number of rotatable bonds is 8. The summed E-state index contributed by atoms with van der Waals surface area (Å²) in [5, 5.41) is 17.9. The molecule has 4 rings (SSSR count). The Morgan fingerprint density at radius 3 is 2.45 bits per heavy atom. The number of aliphatic hydroxyl groups is 2. The summed E-state index contributed by atoms with van der Waals surface area (Å²) >= 11 is 0. The number of hydrogen-bond acceptors (Lipinski definition) is 6. The van der Waals surface area contributed by atoms with E-state index in [0.717, 1.165) is 32.1 Å². The molecule has 1 unspecified atom stereocenters. The van der Waals surface area contributed by atoms with E-state index in [4.69, 9.17) is 4.55 Å². The highest BCUT2D eigenvalue weighted by atomic mass is 32.2. The minimum Gasteiger partial charge on any atom is -0.462 e. The van der Waals surface area contributed by atoms with E-state index in [-0.39, 0.29) is 47.5 Å². The number of hydrogen-bond donors (Lipinski definition) is 3. The molecule has 4 fully saturated rings. The van der Waals surface area contributed by atoms with Gasteiger partial charge in [-0.05, 0) is 91.3 Å². The van der Waals surface area contributed by atoms with E-state index in [1.54, 1.807) is 0 Å². The van der Waals surface area contributed by atoms with Gasteiger partial charge >= 0.3 is 21.3 Å². The minimum atomic E-state index is -5.97. The van der Waals surface area contributed by atoms with Crippen molar-refractivity contribution in [1.82, 2.24) is 0 Å². The number of carbonyl (C=O) groups is 1. The van der Waals surface area contributed by atoms with Crippen LogP contribution in [0.5, 0.6) is 0 Å². The summed E-state index contributed by atoms with van der Waals surface area (Å²) in [7, 11) is -5.97. The Morgan fingerprint density at radius 1 is 1.11 bits per heavy atom. The van der Waals surface area contributed by atoms with Crippen molar-refractivity contribution in [2.75, 3.05) is 6.61 Å². The fourth-order valence-corrected chi connectivity index (χ4v) is 9.62. The van der Waals surface area contributed by atoms with Crippen LogP contribution in [0.4, 0.5) is 13.2 Å². The average molecular weight is 569 g/mol. The Morgan fingerprint density at radius 2 is 1.79 bits per heavy atom. The quantitative estimate of drug-likeness (QED) is 0.285. The number of esters is 1. The molecule has 0 amide bonds. The number of ether oxygens (including phenoxy) is 1. The zero-order valence-electron chi connectivity index (χ0n) is 22.5. The Kier molecular flexibility index (Phi) is 8.30. The van der Waals surface area contributed by atoms with Gasteiger partial charge in [-0.1, -0.05) is 33.6 Å². The van der Waals surface area contributed by atoms with Crippen molar-refractivity contribution in [2.45, 2.75) is 109 Å². The molecule has 7 nitrogen and oxygen atoms in total. The van der Waals surface area contributed by atoms with Gasteiger partial charge in [0.05, 0.1) is 12.2 Å². The van der Waals surface area contributed by atoms with Crippen molar-refractivity contribution in [3.63, 3.8) is 0 Å². The predicted molar refractivity (Wildman–Crippen MR) is 133 cm³/mol. The molecule has 0 saturated heterocycles. The second-order valence-corrected chi connectivity index (χ2v) is 14.5. The highest BCUT2D eigenvalue weighted by molar-refractivity contribution is 7.86. The lowest BCUT2D eigenvalue weighted by molar-refractivity contribution is -0.201. The molecule has 0 radical (unpaired) electrons. The Labute approximate surface area is 223 Å². The fraction of sp³-hybridized carbons (Fsp3) is 0.963.